The van der Waals surface area contributed by atoms with Crippen LogP contribution in [0.25, 0.3) is 0 Å². The maximum absolute atomic E-state index is 12.7. The van der Waals surface area contributed by atoms with E-state index in [9.17, 15) is 9.18 Å². The van der Waals surface area contributed by atoms with Gasteiger partial charge in [0.05, 0.1) is 12.8 Å². The van der Waals surface area contributed by atoms with Gasteiger partial charge in [0.1, 0.15) is 5.82 Å². The molecule has 0 aliphatic heterocycles. The van der Waals surface area contributed by atoms with Gasteiger partial charge in [0.25, 0.3) is 0 Å². The summed E-state index contributed by atoms with van der Waals surface area (Å²) in [5.74, 6) is -0.0692. The zero-order valence-corrected chi connectivity index (χ0v) is 9.39. The monoisotopic (exact) mass is 233 g/mol. The smallest absolute Gasteiger partial charge is 0.217 e. The number of ketones is 1. The van der Waals surface area contributed by atoms with Crippen LogP contribution in [0, 0.1) is 5.82 Å². The van der Waals surface area contributed by atoms with E-state index in [-0.39, 0.29) is 18.1 Å². The van der Waals surface area contributed by atoms with E-state index >= 15 is 0 Å². The number of carbonyl (C=O) groups excluding carboxylic acids is 1. The lowest BCUT2D eigenvalue weighted by Gasteiger charge is -2.17. The van der Waals surface area contributed by atoms with Crippen molar-refractivity contribution in [1.29, 1.82) is 0 Å². The summed E-state index contributed by atoms with van der Waals surface area (Å²) >= 11 is 0. The number of carbonyl (C=O) groups is 1. The number of anilines is 1. The Kier molecular flexibility index (Phi) is 3.23. The first-order valence-electron chi connectivity index (χ1n) is 5.20. The lowest BCUT2D eigenvalue weighted by atomic mass is 10.2. The van der Waals surface area contributed by atoms with Crippen molar-refractivity contribution in [1.82, 2.24) is 0 Å². The average molecular weight is 233 g/mol. The van der Waals surface area contributed by atoms with Gasteiger partial charge >= 0.3 is 0 Å². The Morgan fingerprint density at radius 2 is 2.00 bits per heavy atom. The molecule has 0 saturated carbocycles. The molecule has 88 valence electrons. The average Bonchev–Trinajstić information content (AvgIpc) is 2.83. The SMILES string of the molecule is CN(CC(=O)c1ccco1)c1ccc(F)cc1. The molecule has 1 aromatic carbocycles. The van der Waals surface area contributed by atoms with Crippen molar-refractivity contribution in [2.45, 2.75) is 0 Å². The highest BCUT2D eigenvalue weighted by Crippen LogP contribution is 2.13. The molecule has 2 rings (SSSR count). The molecule has 0 radical (unpaired) electrons. The van der Waals surface area contributed by atoms with Gasteiger partial charge in [0.15, 0.2) is 5.76 Å². The van der Waals surface area contributed by atoms with E-state index in [1.165, 1.54) is 18.4 Å². The normalized spacial score (nSPS) is 10.2. The van der Waals surface area contributed by atoms with Gasteiger partial charge in [0, 0.05) is 12.7 Å². The highest BCUT2D eigenvalue weighted by atomic mass is 19.1. The van der Waals surface area contributed by atoms with Gasteiger partial charge in [-0.05, 0) is 36.4 Å². The maximum Gasteiger partial charge on any atom is 0.217 e. The fourth-order valence-electron chi connectivity index (χ4n) is 1.52. The number of furan rings is 1. The molecule has 0 N–H and O–H groups in total. The lowest BCUT2D eigenvalue weighted by Crippen LogP contribution is -2.25. The Hall–Kier alpha value is -2.10. The molecule has 4 heteroatoms. The Labute approximate surface area is 98.5 Å². The van der Waals surface area contributed by atoms with Crippen molar-refractivity contribution in [3.05, 3.63) is 54.2 Å². The summed E-state index contributed by atoms with van der Waals surface area (Å²) in [5, 5.41) is 0. The molecule has 17 heavy (non-hydrogen) atoms. The summed E-state index contributed by atoms with van der Waals surface area (Å²) in [6, 6.07) is 9.29. The Balaban J connectivity index is 2.04. The van der Waals surface area contributed by atoms with Gasteiger partial charge in [-0.3, -0.25) is 4.79 Å². The van der Waals surface area contributed by atoms with Crippen molar-refractivity contribution in [3.8, 4) is 0 Å². The van der Waals surface area contributed by atoms with Crippen LogP contribution in [0.15, 0.2) is 47.1 Å². The maximum atomic E-state index is 12.7. The minimum atomic E-state index is -0.292. The molecule has 0 bridgehead atoms. The summed E-state index contributed by atoms with van der Waals surface area (Å²) in [6.07, 6.45) is 1.46. The van der Waals surface area contributed by atoms with E-state index in [2.05, 4.69) is 0 Å². The molecule has 0 unspecified atom stereocenters. The van der Waals surface area contributed by atoms with Gasteiger partial charge < -0.3 is 9.32 Å². The zero-order valence-electron chi connectivity index (χ0n) is 9.39. The Bertz CT molecular complexity index is 491. The van der Waals surface area contributed by atoms with E-state index in [1.807, 2.05) is 0 Å². The lowest BCUT2D eigenvalue weighted by molar-refractivity contribution is 0.0974. The largest absolute Gasteiger partial charge is 0.461 e. The third-order valence-corrected chi connectivity index (χ3v) is 2.44. The summed E-state index contributed by atoms with van der Waals surface area (Å²) in [4.78, 5) is 13.5. The molecule has 0 fully saturated rings. The second-order valence-electron chi connectivity index (χ2n) is 3.73. The number of halogens is 1. The van der Waals surface area contributed by atoms with Gasteiger partial charge in [-0.25, -0.2) is 4.39 Å². The molecular formula is C13H12FNO2. The van der Waals surface area contributed by atoms with Crippen molar-refractivity contribution in [2.75, 3.05) is 18.5 Å². The second kappa shape index (κ2) is 4.82. The van der Waals surface area contributed by atoms with Crippen molar-refractivity contribution < 1.29 is 13.6 Å². The van der Waals surface area contributed by atoms with Gasteiger partial charge in [-0.15, -0.1) is 0 Å². The van der Waals surface area contributed by atoms with Crippen LogP contribution < -0.4 is 4.90 Å². The van der Waals surface area contributed by atoms with Crippen molar-refractivity contribution in [2.24, 2.45) is 0 Å². The van der Waals surface area contributed by atoms with Crippen LogP contribution in [0.1, 0.15) is 10.6 Å². The molecule has 3 nitrogen and oxygen atoms in total. The van der Waals surface area contributed by atoms with Gasteiger partial charge in [-0.1, -0.05) is 0 Å². The molecule has 0 aliphatic rings. The van der Waals surface area contributed by atoms with E-state index in [4.69, 9.17) is 4.42 Å². The summed E-state index contributed by atoms with van der Waals surface area (Å²) in [7, 11) is 1.77. The van der Waals surface area contributed by atoms with Gasteiger partial charge in [0.2, 0.25) is 5.78 Å². The Morgan fingerprint density at radius 3 is 2.59 bits per heavy atom. The number of nitrogens with zero attached hydrogens (tertiary/aromatic N) is 1. The summed E-state index contributed by atoms with van der Waals surface area (Å²) < 4.78 is 17.8. The van der Waals surface area contributed by atoms with E-state index in [0.717, 1.165) is 5.69 Å². The highest BCUT2D eigenvalue weighted by molar-refractivity contribution is 5.96. The van der Waals surface area contributed by atoms with Crippen LogP contribution in [0.4, 0.5) is 10.1 Å². The van der Waals surface area contributed by atoms with Crippen molar-refractivity contribution >= 4 is 11.5 Å². The number of Topliss-reactive ketones (excluding diaryl/α,β-unsaturated/α-hetero) is 1. The zero-order chi connectivity index (χ0) is 12.3. The first kappa shape index (κ1) is 11.4. The van der Waals surface area contributed by atoms with Crippen LogP contribution >= 0.6 is 0 Å². The molecule has 0 saturated heterocycles. The number of likely N-dealkylation sites (N-methyl/N-ethyl adjacent to an activating group) is 1. The number of hydrogen-bond acceptors (Lipinski definition) is 3. The van der Waals surface area contributed by atoms with Gasteiger partial charge in [-0.2, -0.15) is 0 Å². The summed E-state index contributed by atoms with van der Waals surface area (Å²) in [6.45, 7) is 0.194. The van der Waals surface area contributed by atoms with Crippen LogP contribution in [0.5, 0.6) is 0 Å². The van der Waals surface area contributed by atoms with Crippen LogP contribution in [0.3, 0.4) is 0 Å². The Morgan fingerprint density at radius 1 is 1.29 bits per heavy atom. The predicted molar refractivity (Wildman–Crippen MR) is 62.7 cm³/mol. The topological polar surface area (TPSA) is 33.5 Å². The summed E-state index contributed by atoms with van der Waals surface area (Å²) in [5.41, 5.74) is 0.784. The molecule has 0 atom stereocenters. The fraction of sp³-hybridized carbons (Fsp3) is 0.154. The van der Waals surface area contributed by atoms with Crippen LogP contribution in [-0.2, 0) is 0 Å². The molecule has 0 aliphatic carbocycles. The first-order valence-corrected chi connectivity index (χ1v) is 5.20. The molecular weight excluding hydrogens is 221 g/mol. The number of hydrogen-bond donors (Lipinski definition) is 0. The molecule has 1 heterocycles. The fourth-order valence-corrected chi connectivity index (χ4v) is 1.52. The van der Waals surface area contributed by atoms with Crippen LogP contribution in [0.2, 0.25) is 0 Å². The van der Waals surface area contributed by atoms with Crippen molar-refractivity contribution in [3.63, 3.8) is 0 Å². The molecule has 2 aromatic rings. The molecule has 0 spiro atoms. The molecule has 0 amide bonds. The number of rotatable bonds is 4. The second-order valence-corrected chi connectivity index (χ2v) is 3.73. The third kappa shape index (κ3) is 2.72. The predicted octanol–water partition coefficient (Wildman–Crippen LogP) is 2.74. The minimum absolute atomic E-state index is 0.109. The quantitative estimate of drug-likeness (QED) is 0.761. The standard InChI is InChI=1S/C13H12FNO2/c1-15(11-6-4-10(14)5-7-11)9-12(16)13-3-2-8-17-13/h2-8H,9H2,1H3. The van der Waals surface area contributed by atoms with E-state index in [0.29, 0.717) is 5.76 Å². The van der Waals surface area contributed by atoms with Crippen LogP contribution in [-0.4, -0.2) is 19.4 Å². The van der Waals surface area contributed by atoms with E-state index in [1.54, 1.807) is 36.2 Å². The minimum Gasteiger partial charge on any atom is -0.461 e. The number of benzene rings is 1. The van der Waals surface area contributed by atoms with E-state index < -0.39 is 0 Å². The first-order chi connectivity index (χ1) is 8.16. The third-order valence-electron chi connectivity index (χ3n) is 2.44. The highest BCUT2D eigenvalue weighted by Gasteiger charge is 2.12. The molecule has 1 aromatic heterocycles.